The predicted molar refractivity (Wildman–Crippen MR) is 242 cm³/mol. The highest BCUT2D eigenvalue weighted by molar-refractivity contribution is 5.96. The average Bonchev–Trinajstić information content (AvgIpc) is 3.80. The first-order valence-electron chi connectivity index (χ1n) is 22.0. The van der Waals surface area contributed by atoms with Crippen molar-refractivity contribution in [3.8, 4) is 0 Å². The topological polar surface area (TPSA) is 401 Å². The smallest absolute Gasteiger partial charge is 0.326 e. The SMILES string of the molecule is CC[C@H](C)[C@H](NC(=O)CNC(=O)[C@@H]1CCCN1C(=O)CNC(=O)[C@H](CO)NC(=O)[C@@H](N)C(C)C)C(=O)N[C@@H](CCCN=C(N)N)C(=O)NCC(=O)NCC(=O)N[C@@H](Cc1ccccc1)C(=O)O. The Hall–Kier alpha value is -6.89. The predicted octanol–water partition coefficient (Wildman–Crippen LogP) is -5.22. The maximum Gasteiger partial charge on any atom is 0.326 e. The van der Waals surface area contributed by atoms with Crippen LogP contribution in [0, 0.1) is 11.8 Å². The van der Waals surface area contributed by atoms with Gasteiger partial charge in [0.1, 0.15) is 30.2 Å². The largest absolute Gasteiger partial charge is 0.480 e. The van der Waals surface area contributed by atoms with E-state index < -0.39 is 134 Å². The first-order chi connectivity index (χ1) is 31.7. The van der Waals surface area contributed by atoms with Crippen molar-refractivity contribution in [2.24, 2.45) is 34.0 Å². The lowest BCUT2D eigenvalue weighted by atomic mass is 9.97. The van der Waals surface area contributed by atoms with Crippen LogP contribution in [0.15, 0.2) is 35.3 Å². The number of aliphatic hydroxyl groups excluding tert-OH is 1. The highest BCUT2D eigenvalue weighted by Crippen LogP contribution is 2.17. The van der Waals surface area contributed by atoms with E-state index in [-0.39, 0.29) is 50.7 Å². The zero-order chi connectivity index (χ0) is 50.2. The Morgan fingerprint density at radius 3 is 1.96 bits per heavy atom. The van der Waals surface area contributed by atoms with Crippen LogP contribution in [0.5, 0.6) is 0 Å². The van der Waals surface area contributed by atoms with Crippen molar-refractivity contribution >= 4 is 65.1 Å². The minimum atomic E-state index is -1.37. The number of rotatable bonds is 28. The standard InChI is InChI=1S/C42H67N13O12/c1-5-24(4)35(54-32(59)20-49-38(63)29-14-10-16-55(29)33(60)21-50-37(62)28(22-56)53-39(64)34(43)23(2)3)40(65)52-26(13-9-15-46-42(44)45)36(61)48-18-30(57)47-19-31(58)51-27(41(66)67)17-25-11-7-6-8-12-25/h6-8,11-12,23-24,26-29,34-35,56H,5,9-10,13-22,43H2,1-4H3,(H,47,57)(H,48,61)(H,49,63)(H,50,62)(H,51,58)(H,52,65)(H,53,64)(H,54,59)(H,66,67)(H4,44,45,46)/t24-,26-,27-,28-,29-,34-,35-/m0/s1. The van der Waals surface area contributed by atoms with Gasteiger partial charge in [-0.05, 0) is 43.1 Å². The maximum absolute atomic E-state index is 13.7. The lowest BCUT2D eigenvalue weighted by molar-refractivity contribution is -0.141. The second-order valence-electron chi connectivity index (χ2n) is 16.3. The summed E-state index contributed by atoms with van der Waals surface area (Å²) in [6.45, 7) is 3.99. The third kappa shape index (κ3) is 20.0. The number of carboxylic acids is 1. The number of nitrogens with one attached hydrogen (secondary N) is 8. The molecule has 0 radical (unpaired) electrons. The molecule has 1 fully saturated rings. The summed E-state index contributed by atoms with van der Waals surface area (Å²) in [6.07, 6.45) is 1.27. The third-order valence-electron chi connectivity index (χ3n) is 10.7. The van der Waals surface area contributed by atoms with E-state index in [4.69, 9.17) is 17.2 Å². The number of carboxylic acid groups (broad SMARTS) is 1. The van der Waals surface area contributed by atoms with Crippen LogP contribution in [0.1, 0.15) is 65.4 Å². The van der Waals surface area contributed by atoms with E-state index in [2.05, 4.69) is 47.5 Å². The molecule has 1 saturated heterocycles. The summed E-state index contributed by atoms with van der Waals surface area (Å²) in [7, 11) is 0. The van der Waals surface area contributed by atoms with Crippen molar-refractivity contribution in [1.29, 1.82) is 0 Å². The summed E-state index contributed by atoms with van der Waals surface area (Å²) in [5, 5.41) is 38.6. The van der Waals surface area contributed by atoms with Gasteiger partial charge in [-0.2, -0.15) is 0 Å². The molecule has 2 rings (SSSR count). The number of guanidine groups is 1. The first-order valence-corrected chi connectivity index (χ1v) is 22.0. The van der Waals surface area contributed by atoms with Gasteiger partial charge >= 0.3 is 5.97 Å². The molecule has 1 aliphatic rings. The molecule has 1 aliphatic heterocycles. The fraction of sp³-hybridized carbons (Fsp3) is 0.595. The lowest BCUT2D eigenvalue weighted by Crippen LogP contribution is -2.57. The number of aliphatic carboxylic acids is 1. The second-order valence-corrected chi connectivity index (χ2v) is 16.3. The van der Waals surface area contributed by atoms with Gasteiger partial charge in [0.15, 0.2) is 5.96 Å². The van der Waals surface area contributed by atoms with E-state index >= 15 is 0 Å². The fourth-order valence-electron chi connectivity index (χ4n) is 6.56. The minimum absolute atomic E-state index is 0.00336. The number of likely N-dealkylation sites (tertiary alicyclic amines) is 1. The van der Waals surface area contributed by atoms with E-state index in [1.165, 1.54) is 4.90 Å². The highest BCUT2D eigenvalue weighted by Gasteiger charge is 2.36. The van der Waals surface area contributed by atoms with Crippen LogP contribution in [0.3, 0.4) is 0 Å². The Kier molecular flexibility index (Phi) is 24.3. The molecule has 16 N–H and O–H groups in total. The summed E-state index contributed by atoms with van der Waals surface area (Å²) in [5.74, 6) is -8.92. The Bertz CT molecular complexity index is 1910. The summed E-state index contributed by atoms with van der Waals surface area (Å²) in [5.41, 5.74) is 17.3. The van der Waals surface area contributed by atoms with Crippen molar-refractivity contribution in [1.82, 2.24) is 47.4 Å². The van der Waals surface area contributed by atoms with Gasteiger partial charge in [-0.25, -0.2) is 4.79 Å². The molecule has 372 valence electrons. The van der Waals surface area contributed by atoms with Crippen molar-refractivity contribution in [3.05, 3.63) is 35.9 Å². The molecule has 0 aliphatic carbocycles. The van der Waals surface area contributed by atoms with Gasteiger partial charge in [-0.1, -0.05) is 64.4 Å². The quantitative estimate of drug-likeness (QED) is 0.0212. The van der Waals surface area contributed by atoms with Gasteiger partial charge < -0.3 is 74.8 Å². The molecule has 25 nitrogen and oxygen atoms in total. The number of nitrogens with two attached hydrogens (primary N) is 3. The highest BCUT2D eigenvalue weighted by atomic mass is 16.4. The van der Waals surface area contributed by atoms with E-state index in [0.29, 0.717) is 18.4 Å². The normalized spacial score (nSPS) is 15.8. The minimum Gasteiger partial charge on any atom is -0.480 e. The van der Waals surface area contributed by atoms with Gasteiger partial charge in [0.25, 0.3) is 0 Å². The van der Waals surface area contributed by atoms with Gasteiger partial charge in [-0.3, -0.25) is 48.1 Å². The molecule has 1 aromatic rings. The first kappa shape index (κ1) is 56.2. The maximum atomic E-state index is 13.7. The summed E-state index contributed by atoms with van der Waals surface area (Å²) in [6, 6.07) is 1.58. The molecule has 0 saturated carbocycles. The van der Waals surface area contributed by atoms with Crippen LogP contribution < -0.4 is 59.7 Å². The molecule has 1 aromatic carbocycles. The second kappa shape index (κ2) is 28.9. The monoisotopic (exact) mass is 946 g/mol. The van der Waals surface area contributed by atoms with E-state index in [9.17, 15) is 58.2 Å². The van der Waals surface area contributed by atoms with Crippen LogP contribution in [-0.2, 0) is 54.4 Å². The van der Waals surface area contributed by atoms with Gasteiger partial charge in [0, 0.05) is 19.5 Å². The molecule has 25 heteroatoms. The molecule has 7 atom stereocenters. The van der Waals surface area contributed by atoms with E-state index in [0.717, 1.165) is 0 Å². The number of aliphatic imine (C=N–C) groups is 1. The number of hydrogen-bond acceptors (Lipinski definition) is 13. The molecular weight excluding hydrogens is 879 g/mol. The van der Waals surface area contributed by atoms with E-state index in [1.807, 2.05) is 0 Å². The molecule has 0 unspecified atom stereocenters. The molecule has 9 amide bonds. The van der Waals surface area contributed by atoms with Gasteiger partial charge in [-0.15, -0.1) is 0 Å². The van der Waals surface area contributed by atoms with Gasteiger partial charge in [0.05, 0.1) is 38.8 Å². The lowest BCUT2D eigenvalue weighted by Gasteiger charge is -2.27. The fourth-order valence-corrected chi connectivity index (χ4v) is 6.56. The number of carbonyl (C=O) groups excluding carboxylic acids is 9. The van der Waals surface area contributed by atoms with Crippen LogP contribution in [0.2, 0.25) is 0 Å². The molecular formula is C42H67N13O12. The molecule has 0 spiro atoms. The summed E-state index contributed by atoms with van der Waals surface area (Å²) in [4.78, 5) is 133. The summed E-state index contributed by atoms with van der Waals surface area (Å²) >= 11 is 0. The van der Waals surface area contributed by atoms with Crippen molar-refractivity contribution in [2.45, 2.75) is 102 Å². The Labute approximate surface area is 388 Å². The van der Waals surface area contributed by atoms with Crippen molar-refractivity contribution in [2.75, 3.05) is 45.9 Å². The Balaban J connectivity index is 1.99. The summed E-state index contributed by atoms with van der Waals surface area (Å²) < 4.78 is 0. The number of hydrogen-bond donors (Lipinski definition) is 13. The van der Waals surface area contributed by atoms with Gasteiger partial charge in [0.2, 0.25) is 53.2 Å². The zero-order valence-corrected chi connectivity index (χ0v) is 38.3. The number of aliphatic hydroxyl groups is 1. The number of amides is 9. The third-order valence-corrected chi connectivity index (χ3v) is 10.7. The van der Waals surface area contributed by atoms with Crippen LogP contribution >= 0.6 is 0 Å². The van der Waals surface area contributed by atoms with Crippen molar-refractivity contribution < 1.29 is 58.2 Å². The molecule has 1 heterocycles. The van der Waals surface area contributed by atoms with Crippen molar-refractivity contribution in [3.63, 3.8) is 0 Å². The Morgan fingerprint density at radius 2 is 1.34 bits per heavy atom. The number of nitrogens with zero attached hydrogens (tertiary/aromatic N) is 2. The zero-order valence-electron chi connectivity index (χ0n) is 38.3. The number of benzene rings is 1. The number of carbonyl (C=O) groups is 10. The molecule has 0 aromatic heterocycles. The molecule has 0 bridgehead atoms. The van der Waals surface area contributed by atoms with Crippen LogP contribution in [-0.4, -0.2) is 162 Å². The Morgan fingerprint density at radius 1 is 0.746 bits per heavy atom. The van der Waals surface area contributed by atoms with E-state index in [1.54, 1.807) is 58.0 Å². The molecule has 67 heavy (non-hydrogen) atoms. The van der Waals surface area contributed by atoms with Crippen LogP contribution in [0.25, 0.3) is 0 Å². The average molecular weight is 946 g/mol. The van der Waals surface area contributed by atoms with Crippen LogP contribution in [0.4, 0.5) is 0 Å².